The van der Waals surface area contributed by atoms with Crippen molar-refractivity contribution in [2.24, 2.45) is 0 Å². The van der Waals surface area contributed by atoms with Crippen LogP contribution in [0.3, 0.4) is 0 Å². The predicted octanol–water partition coefficient (Wildman–Crippen LogP) is 2.53. The van der Waals surface area contributed by atoms with Crippen LogP contribution in [-0.4, -0.2) is 56.9 Å². The monoisotopic (exact) mass is 381 g/mol. The number of hydrogen-bond donors (Lipinski definition) is 1. The second-order valence-corrected chi connectivity index (χ2v) is 6.46. The number of pyridine rings is 1. The second kappa shape index (κ2) is 8.57. The van der Waals surface area contributed by atoms with Gasteiger partial charge >= 0.3 is 6.03 Å². The van der Waals surface area contributed by atoms with Gasteiger partial charge in [-0.05, 0) is 59.7 Å². The average molecular weight is 381 g/mol. The van der Waals surface area contributed by atoms with Crippen LogP contribution in [-0.2, 0) is 4.74 Å². The predicted molar refractivity (Wildman–Crippen MR) is 104 cm³/mol. The molecule has 2 heterocycles. The SMILES string of the molecule is COC[C@@H](c1ccccn1)N(C)C(=O)Nc1cc(-n2cnnn2)cc(C)c1C. The molecule has 9 heteroatoms. The van der Waals surface area contributed by atoms with Gasteiger partial charge in [0.2, 0.25) is 0 Å². The van der Waals surface area contributed by atoms with Crippen molar-refractivity contribution >= 4 is 11.7 Å². The Labute approximate surface area is 163 Å². The van der Waals surface area contributed by atoms with Gasteiger partial charge < -0.3 is 15.0 Å². The number of tetrazole rings is 1. The highest BCUT2D eigenvalue weighted by molar-refractivity contribution is 5.91. The molecule has 1 aromatic carbocycles. The Morgan fingerprint density at radius 2 is 2.14 bits per heavy atom. The molecule has 2 amide bonds. The zero-order valence-electron chi connectivity index (χ0n) is 16.3. The molecule has 146 valence electrons. The summed E-state index contributed by atoms with van der Waals surface area (Å²) in [5.41, 5.74) is 4.21. The quantitative estimate of drug-likeness (QED) is 0.705. The van der Waals surface area contributed by atoms with E-state index in [1.54, 1.807) is 29.9 Å². The number of carbonyl (C=O) groups is 1. The number of aromatic nitrogens is 5. The van der Waals surface area contributed by atoms with E-state index < -0.39 is 0 Å². The van der Waals surface area contributed by atoms with Gasteiger partial charge in [-0.15, -0.1) is 5.10 Å². The van der Waals surface area contributed by atoms with Gasteiger partial charge in [-0.25, -0.2) is 9.48 Å². The summed E-state index contributed by atoms with van der Waals surface area (Å²) >= 11 is 0. The van der Waals surface area contributed by atoms with Crippen molar-refractivity contribution < 1.29 is 9.53 Å². The second-order valence-electron chi connectivity index (χ2n) is 6.46. The lowest BCUT2D eigenvalue weighted by atomic mass is 10.1. The number of ether oxygens (including phenoxy) is 1. The Morgan fingerprint density at radius 1 is 1.32 bits per heavy atom. The molecule has 0 bridgehead atoms. The Morgan fingerprint density at radius 3 is 2.79 bits per heavy atom. The van der Waals surface area contributed by atoms with Crippen molar-refractivity contribution in [2.75, 3.05) is 26.1 Å². The first kappa shape index (κ1) is 19.4. The van der Waals surface area contributed by atoms with Crippen LogP contribution in [0.2, 0.25) is 0 Å². The average Bonchev–Trinajstić information content (AvgIpc) is 3.24. The standard InChI is InChI=1S/C19H23N7O2/c1-13-9-15(26-12-21-23-24-26)10-17(14(13)2)22-19(27)25(3)18(11-28-4)16-7-5-6-8-20-16/h5-10,12,18H,11H2,1-4H3,(H,22,27)/t18-/m0/s1. The number of amides is 2. The summed E-state index contributed by atoms with van der Waals surface area (Å²) in [6.07, 6.45) is 3.21. The Bertz CT molecular complexity index is 929. The normalized spacial score (nSPS) is 11.9. The van der Waals surface area contributed by atoms with E-state index in [2.05, 4.69) is 25.8 Å². The molecule has 9 nitrogen and oxygen atoms in total. The summed E-state index contributed by atoms with van der Waals surface area (Å²) in [4.78, 5) is 18.9. The van der Waals surface area contributed by atoms with Crippen molar-refractivity contribution in [1.82, 2.24) is 30.1 Å². The smallest absolute Gasteiger partial charge is 0.322 e. The van der Waals surface area contributed by atoms with Crippen LogP contribution < -0.4 is 5.32 Å². The molecule has 1 atom stereocenters. The van der Waals surface area contributed by atoms with Crippen LogP contribution in [0.15, 0.2) is 42.9 Å². The Balaban J connectivity index is 1.85. The zero-order valence-corrected chi connectivity index (χ0v) is 16.3. The number of likely N-dealkylation sites (N-methyl/N-ethyl adjacent to an activating group) is 1. The zero-order chi connectivity index (χ0) is 20.1. The largest absolute Gasteiger partial charge is 0.382 e. The third-order valence-electron chi connectivity index (χ3n) is 4.65. The lowest BCUT2D eigenvalue weighted by Gasteiger charge is -2.28. The van der Waals surface area contributed by atoms with E-state index in [1.807, 2.05) is 44.2 Å². The molecular weight excluding hydrogens is 358 g/mol. The molecule has 0 spiro atoms. The van der Waals surface area contributed by atoms with Crippen molar-refractivity contribution in [3.05, 3.63) is 59.7 Å². The van der Waals surface area contributed by atoms with Gasteiger partial charge in [0.05, 0.1) is 24.0 Å². The first-order valence-electron chi connectivity index (χ1n) is 8.79. The molecule has 0 aliphatic rings. The highest BCUT2D eigenvalue weighted by Gasteiger charge is 2.23. The fraction of sp³-hybridized carbons (Fsp3) is 0.316. The van der Waals surface area contributed by atoms with Gasteiger partial charge in [0, 0.05) is 26.0 Å². The minimum absolute atomic E-state index is 0.260. The summed E-state index contributed by atoms with van der Waals surface area (Å²) in [7, 11) is 3.33. The Kier molecular flexibility index (Phi) is 5.95. The number of urea groups is 1. The highest BCUT2D eigenvalue weighted by atomic mass is 16.5. The van der Waals surface area contributed by atoms with Crippen molar-refractivity contribution in [1.29, 1.82) is 0 Å². The van der Waals surface area contributed by atoms with Gasteiger partial charge in [0.1, 0.15) is 6.33 Å². The van der Waals surface area contributed by atoms with E-state index >= 15 is 0 Å². The van der Waals surface area contributed by atoms with Crippen LogP contribution in [0.1, 0.15) is 22.9 Å². The summed E-state index contributed by atoms with van der Waals surface area (Å²) < 4.78 is 6.85. The molecule has 3 rings (SSSR count). The van der Waals surface area contributed by atoms with Gasteiger partial charge in [-0.1, -0.05) is 6.07 Å². The van der Waals surface area contributed by atoms with Crippen LogP contribution in [0.25, 0.3) is 5.69 Å². The number of carbonyl (C=O) groups excluding carboxylic acids is 1. The van der Waals surface area contributed by atoms with Crippen molar-refractivity contribution in [3.63, 3.8) is 0 Å². The van der Waals surface area contributed by atoms with Crippen LogP contribution in [0.5, 0.6) is 0 Å². The number of nitrogens with one attached hydrogen (secondary N) is 1. The van der Waals surface area contributed by atoms with E-state index in [0.29, 0.717) is 12.3 Å². The van der Waals surface area contributed by atoms with Gasteiger partial charge in [-0.2, -0.15) is 0 Å². The van der Waals surface area contributed by atoms with Crippen molar-refractivity contribution in [2.45, 2.75) is 19.9 Å². The van der Waals surface area contributed by atoms with Crippen LogP contribution >= 0.6 is 0 Å². The number of nitrogens with zero attached hydrogens (tertiary/aromatic N) is 6. The Hall–Kier alpha value is -3.33. The van der Waals surface area contributed by atoms with Gasteiger partial charge in [0.25, 0.3) is 0 Å². The fourth-order valence-electron chi connectivity index (χ4n) is 2.85. The van der Waals surface area contributed by atoms with E-state index in [-0.39, 0.29) is 12.1 Å². The minimum Gasteiger partial charge on any atom is -0.382 e. The molecule has 3 aromatic rings. The molecule has 1 N–H and O–H groups in total. The number of benzene rings is 1. The first-order valence-corrected chi connectivity index (χ1v) is 8.79. The highest BCUT2D eigenvalue weighted by Crippen LogP contribution is 2.25. The number of rotatable bonds is 6. The molecule has 0 unspecified atom stereocenters. The lowest BCUT2D eigenvalue weighted by Crippen LogP contribution is -2.37. The van der Waals surface area contributed by atoms with E-state index in [9.17, 15) is 4.79 Å². The molecule has 0 aliphatic carbocycles. The molecule has 0 aliphatic heterocycles. The lowest BCUT2D eigenvalue weighted by molar-refractivity contribution is 0.119. The van der Waals surface area contributed by atoms with Gasteiger partial charge in [-0.3, -0.25) is 4.98 Å². The minimum atomic E-state index is -0.310. The first-order chi connectivity index (χ1) is 13.5. The summed E-state index contributed by atoms with van der Waals surface area (Å²) in [6, 6.07) is 8.84. The molecular formula is C19H23N7O2. The number of hydrogen-bond acceptors (Lipinski definition) is 6. The van der Waals surface area contributed by atoms with Crippen LogP contribution in [0.4, 0.5) is 10.5 Å². The molecule has 2 aromatic heterocycles. The molecule has 0 saturated carbocycles. The van der Waals surface area contributed by atoms with Crippen LogP contribution in [0, 0.1) is 13.8 Å². The summed E-state index contributed by atoms with van der Waals surface area (Å²) in [5.74, 6) is 0. The van der Waals surface area contributed by atoms with Crippen molar-refractivity contribution in [3.8, 4) is 5.69 Å². The number of methoxy groups -OCH3 is 1. The molecule has 0 radical (unpaired) electrons. The fourth-order valence-corrected chi connectivity index (χ4v) is 2.85. The third kappa shape index (κ3) is 4.15. The van der Waals surface area contributed by atoms with E-state index in [0.717, 1.165) is 22.5 Å². The molecule has 28 heavy (non-hydrogen) atoms. The molecule has 0 fully saturated rings. The maximum atomic E-state index is 12.9. The number of anilines is 1. The topological polar surface area (TPSA) is 98.1 Å². The maximum absolute atomic E-state index is 12.9. The summed E-state index contributed by atoms with van der Waals surface area (Å²) in [6.45, 7) is 4.27. The van der Waals surface area contributed by atoms with Gasteiger partial charge in [0.15, 0.2) is 0 Å². The molecule has 0 saturated heterocycles. The van der Waals surface area contributed by atoms with E-state index in [4.69, 9.17) is 4.74 Å². The summed E-state index contributed by atoms with van der Waals surface area (Å²) in [5, 5.41) is 14.2. The maximum Gasteiger partial charge on any atom is 0.322 e. The van der Waals surface area contributed by atoms with E-state index in [1.165, 1.54) is 6.33 Å². The third-order valence-corrected chi connectivity index (χ3v) is 4.65. The number of aryl methyl sites for hydroxylation is 1.